The van der Waals surface area contributed by atoms with E-state index in [2.05, 4.69) is 0 Å². The van der Waals surface area contributed by atoms with Crippen molar-refractivity contribution in [1.29, 1.82) is 0 Å². The third-order valence-electron chi connectivity index (χ3n) is 2.98. The van der Waals surface area contributed by atoms with E-state index in [4.69, 9.17) is 5.73 Å². The lowest BCUT2D eigenvalue weighted by atomic mass is 10.2. The standard InChI is InChI=1S/C13H16F2N2O/c14-10-4-5-12(11(15)8-10)17(7-1-6-16)13(18)9-2-3-9/h4-5,8-9H,1-3,6-7,16H2. The first-order valence-electron chi connectivity index (χ1n) is 6.10. The van der Waals surface area contributed by atoms with Crippen molar-refractivity contribution < 1.29 is 13.6 Å². The fourth-order valence-electron chi connectivity index (χ4n) is 1.85. The molecule has 1 aromatic carbocycles. The summed E-state index contributed by atoms with van der Waals surface area (Å²) in [5.41, 5.74) is 5.56. The number of nitrogens with zero attached hydrogens (tertiary/aromatic N) is 1. The monoisotopic (exact) mass is 254 g/mol. The fourth-order valence-corrected chi connectivity index (χ4v) is 1.85. The molecule has 0 aliphatic heterocycles. The summed E-state index contributed by atoms with van der Waals surface area (Å²) >= 11 is 0. The Hall–Kier alpha value is -1.49. The first-order valence-corrected chi connectivity index (χ1v) is 6.10. The number of hydrogen-bond acceptors (Lipinski definition) is 2. The summed E-state index contributed by atoms with van der Waals surface area (Å²) in [6.07, 6.45) is 2.29. The average Bonchev–Trinajstić information content (AvgIpc) is 3.15. The lowest BCUT2D eigenvalue weighted by Crippen LogP contribution is -2.34. The maximum Gasteiger partial charge on any atom is 0.230 e. The molecule has 0 bridgehead atoms. The molecule has 1 fully saturated rings. The molecule has 1 aliphatic rings. The Bertz CT molecular complexity index is 447. The zero-order valence-electron chi connectivity index (χ0n) is 10.0. The highest BCUT2D eigenvalue weighted by atomic mass is 19.1. The molecule has 1 saturated carbocycles. The Morgan fingerprint density at radius 3 is 2.67 bits per heavy atom. The number of carbonyl (C=O) groups excluding carboxylic acids is 1. The van der Waals surface area contributed by atoms with Crippen LogP contribution in [-0.4, -0.2) is 19.0 Å². The van der Waals surface area contributed by atoms with Crippen LogP contribution in [0.3, 0.4) is 0 Å². The van der Waals surface area contributed by atoms with Crippen LogP contribution in [-0.2, 0) is 4.79 Å². The van der Waals surface area contributed by atoms with Gasteiger partial charge in [-0.3, -0.25) is 4.79 Å². The molecule has 0 heterocycles. The Morgan fingerprint density at radius 1 is 1.39 bits per heavy atom. The van der Waals surface area contributed by atoms with Crippen molar-refractivity contribution in [3.8, 4) is 0 Å². The molecule has 3 nitrogen and oxygen atoms in total. The summed E-state index contributed by atoms with van der Waals surface area (Å²) in [4.78, 5) is 13.5. The van der Waals surface area contributed by atoms with E-state index in [0.717, 1.165) is 25.0 Å². The summed E-state index contributed by atoms with van der Waals surface area (Å²) in [7, 11) is 0. The molecule has 1 amide bonds. The van der Waals surface area contributed by atoms with E-state index in [1.54, 1.807) is 0 Å². The second kappa shape index (κ2) is 5.44. The van der Waals surface area contributed by atoms with Gasteiger partial charge in [0.15, 0.2) is 0 Å². The van der Waals surface area contributed by atoms with Crippen LogP contribution >= 0.6 is 0 Å². The van der Waals surface area contributed by atoms with Gasteiger partial charge in [-0.2, -0.15) is 0 Å². The minimum atomic E-state index is -0.707. The normalized spacial score (nSPS) is 14.6. The predicted octanol–water partition coefficient (Wildman–Crippen LogP) is 2.06. The molecular weight excluding hydrogens is 238 g/mol. The third kappa shape index (κ3) is 2.85. The molecule has 18 heavy (non-hydrogen) atoms. The van der Waals surface area contributed by atoms with Crippen molar-refractivity contribution in [2.75, 3.05) is 18.0 Å². The van der Waals surface area contributed by atoms with Crippen LogP contribution < -0.4 is 10.6 Å². The second-order valence-corrected chi connectivity index (χ2v) is 4.50. The van der Waals surface area contributed by atoms with Crippen molar-refractivity contribution in [1.82, 2.24) is 0 Å². The third-order valence-corrected chi connectivity index (χ3v) is 2.98. The topological polar surface area (TPSA) is 46.3 Å². The van der Waals surface area contributed by atoms with E-state index in [-0.39, 0.29) is 17.5 Å². The molecule has 0 spiro atoms. The largest absolute Gasteiger partial charge is 0.330 e. The van der Waals surface area contributed by atoms with Gasteiger partial charge < -0.3 is 10.6 Å². The zero-order chi connectivity index (χ0) is 13.1. The Kier molecular flexibility index (Phi) is 3.91. The van der Waals surface area contributed by atoms with Gasteiger partial charge >= 0.3 is 0 Å². The maximum atomic E-state index is 13.7. The molecule has 1 aromatic rings. The van der Waals surface area contributed by atoms with Crippen LogP contribution in [0.15, 0.2) is 18.2 Å². The van der Waals surface area contributed by atoms with E-state index in [1.165, 1.54) is 11.0 Å². The molecule has 1 aliphatic carbocycles. The lowest BCUT2D eigenvalue weighted by Gasteiger charge is -2.23. The summed E-state index contributed by atoms with van der Waals surface area (Å²) in [5, 5.41) is 0. The smallest absolute Gasteiger partial charge is 0.230 e. The van der Waals surface area contributed by atoms with Gasteiger partial charge in [0.1, 0.15) is 11.6 Å². The van der Waals surface area contributed by atoms with Gasteiger partial charge in [0.2, 0.25) is 5.91 Å². The molecule has 5 heteroatoms. The molecule has 98 valence electrons. The van der Waals surface area contributed by atoms with Crippen molar-refractivity contribution >= 4 is 11.6 Å². The minimum Gasteiger partial charge on any atom is -0.330 e. The van der Waals surface area contributed by atoms with Crippen LogP contribution in [0, 0.1) is 17.6 Å². The quantitative estimate of drug-likeness (QED) is 0.874. The molecular formula is C13H16F2N2O. The summed E-state index contributed by atoms with van der Waals surface area (Å²) < 4.78 is 26.6. The fraction of sp³-hybridized carbons (Fsp3) is 0.462. The van der Waals surface area contributed by atoms with Crippen LogP contribution in [0.5, 0.6) is 0 Å². The number of amides is 1. The highest BCUT2D eigenvalue weighted by Crippen LogP contribution is 2.33. The summed E-state index contributed by atoms with van der Waals surface area (Å²) in [6.45, 7) is 0.797. The zero-order valence-corrected chi connectivity index (χ0v) is 10.0. The molecule has 0 atom stereocenters. The van der Waals surface area contributed by atoms with Gasteiger partial charge in [-0.05, 0) is 37.9 Å². The van der Waals surface area contributed by atoms with Crippen LogP contribution in [0.4, 0.5) is 14.5 Å². The van der Waals surface area contributed by atoms with Gasteiger partial charge in [-0.25, -0.2) is 8.78 Å². The molecule has 2 N–H and O–H groups in total. The number of carbonyl (C=O) groups is 1. The van der Waals surface area contributed by atoms with E-state index >= 15 is 0 Å². The van der Waals surface area contributed by atoms with E-state index in [1.807, 2.05) is 0 Å². The summed E-state index contributed by atoms with van der Waals surface area (Å²) in [6, 6.07) is 3.26. The van der Waals surface area contributed by atoms with Crippen LogP contribution in [0.2, 0.25) is 0 Å². The van der Waals surface area contributed by atoms with E-state index in [9.17, 15) is 13.6 Å². The Morgan fingerprint density at radius 2 is 2.11 bits per heavy atom. The van der Waals surface area contributed by atoms with Gasteiger partial charge in [0.25, 0.3) is 0 Å². The van der Waals surface area contributed by atoms with Crippen molar-refractivity contribution in [3.63, 3.8) is 0 Å². The highest BCUT2D eigenvalue weighted by molar-refractivity contribution is 5.96. The second-order valence-electron chi connectivity index (χ2n) is 4.50. The van der Waals surface area contributed by atoms with Crippen molar-refractivity contribution in [2.45, 2.75) is 19.3 Å². The first kappa shape index (κ1) is 13.0. The molecule has 0 unspecified atom stereocenters. The van der Waals surface area contributed by atoms with Crippen LogP contribution in [0.25, 0.3) is 0 Å². The van der Waals surface area contributed by atoms with Crippen molar-refractivity contribution in [3.05, 3.63) is 29.8 Å². The summed E-state index contributed by atoms with van der Waals surface area (Å²) in [5.74, 6) is -1.45. The maximum absolute atomic E-state index is 13.7. The molecule has 0 saturated heterocycles. The molecule has 0 aromatic heterocycles. The predicted molar refractivity (Wildman–Crippen MR) is 65.1 cm³/mol. The van der Waals surface area contributed by atoms with Crippen molar-refractivity contribution in [2.24, 2.45) is 11.7 Å². The molecule has 2 rings (SSSR count). The number of hydrogen-bond donors (Lipinski definition) is 1. The number of benzene rings is 1. The number of rotatable bonds is 5. The van der Waals surface area contributed by atoms with Crippen LogP contribution in [0.1, 0.15) is 19.3 Å². The molecule has 0 radical (unpaired) electrons. The number of nitrogens with two attached hydrogens (primary N) is 1. The SMILES string of the molecule is NCCCN(C(=O)C1CC1)c1ccc(F)cc1F. The Balaban J connectivity index is 2.23. The van der Waals surface area contributed by atoms with Gasteiger partial charge in [0.05, 0.1) is 5.69 Å². The highest BCUT2D eigenvalue weighted by Gasteiger charge is 2.34. The number of anilines is 1. The van der Waals surface area contributed by atoms with Gasteiger partial charge in [-0.1, -0.05) is 0 Å². The van der Waals surface area contributed by atoms with Gasteiger partial charge in [0, 0.05) is 18.5 Å². The van der Waals surface area contributed by atoms with E-state index < -0.39 is 11.6 Å². The average molecular weight is 254 g/mol. The minimum absolute atomic E-state index is 0.00720. The van der Waals surface area contributed by atoms with Gasteiger partial charge in [-0.15, -0.1) is 0 Å². The van der Waals surface area contributed by atoms with E-state index in [0.29, 0.717) is 19.5 Å². The Labute approximate surface area is 105 Å². The number of halogens is 2. The first-order chi connectivity index (χ1) is 8.63. The lowest BCUT2D eigenvalue weighted by molar-refractivity contribution is -0.119.